The van der Waals surface area contributed by atoms with E-state index >= 15 is 0 Å². The minimum absolute atomic E-state index is 0.118. The van der Waals surface area contributed by atoms with E-state index in [9.17, 15) is 13.6 Å². The highest BCUT2D eigenvalue weighted by Crippen LogP contribution is 2.33. The third-order valence-corrected chi connectivity index (χ3v) is 5.99. The van der Waals surface area contributed by atoms with Crippen LogP contribution < -0.4 is 5.32 Å². The van der Waals surface area contributed by atoms with Gasteiger partial charge in [-0.1, -0.05) is 68.4 Å². The molecular weight excluding hydrogens is 434 g/mol. The number of rotatable bonds is 7. The summed E-state index contributed by atoms with van der Waals surface area (Å²) in [6.07, 6.45) is -2.69. The summed E-state index contributed by atoms with van der Waals surface area (Å²) >= 11 is 0. The van der Waals surface area contributed by atoms with Crippen LogP contribution in [-0.2, 0) is 11.3 Å². The number of aryl methyl sites for hydroxylation is 1. The van der Waals surface area contributed by atoms with Gasteiger partial charge >= 0.3 is 0 Å². The van der Waals surface area contributed by atoms with Crippen LogP contribution in [0.4, 0.5) is 8.78 Å². The summed E-state index contributed by atoms with van der Waals surface area (Å²) in [7, 11) is 0. The second-order valence-corrected chi connectivity index (χ2v) is 8.82. The largest absolute Gasteiger partial charge is 0.348 e. The molecule has 0 saturated carbocycles. The normalized spacial score (nSPS) is 12.5. The number of fused-ring (bicyclic) bond motifs is 1. The summed E-state index contributed by atoms with van der Waals surface area (Å²) in [5.41, 5.74) is 3.93. The molecule has 2 aromatic carbocycles. The number of nitrogens with zero attached hydrogens (tertiary/aromatic N) is 3. The number of pyridine rings is 1. The fraction of sp³-hybridized carbons (Fsp3) is 0.296. The van der Waals surface area contributed by atoms with Crippen molar-refractivity contribution in [3.63, 3.8) is 0 Å². The number of benzene rings is 2. The van der Waals surface area contributed by atoms with Gasteiger partial charge in [0, 0.05) is 11.1 Å². The molecule has 0 saturated heterocycles. The van der Waals surface area contributed by atoms with Crippen LogP contribution in [0.5, 0.6) is 0 Å². The van der Waals surface area contributed by atoms with Crippen molar-refractivity contribution in [2.45, 2.75) is 52.6 Å². The van der Waals surface area contributed by atoms with E-state index in [2.05, 4.69) is 41.4 Å². The van der Waals surface area contributed by atoms with Gasteiger partial charge in [0.15, 0.2) is 5.65 Å². The van der Waals surface area contributed by atoms with Crippen LogP contribution in [0.2, 0.25) is 0 Å². The van der Waals surface area contributed by atoms with Gasteiger partial charge < -0.3 is 5.32 Å². The molecular formula is C27H28F2N4O. The third kappa shape index (κ3) is 4.83. The van der Waals surface area contributed by atoms with E-state index < -0.39 is 6.43 Å². The Morgan fingerprint density at radius 1 is 1.00 bits per heavy atom. The average molecular weight is 463 g/mol. The second-order valence-electron chi connectivity index (χ2n) is 8.82. The lowest BCUT2D eigenvalue weighted by atomic mass is 9.99. The first kappa shape index (κ1) is 23.5. The molecule has 0 spiro atoms. The zero-order valence-corrected chi connectivity index (χ0v) is 19.7. The van der Waals surface area contributed by atoms with Crippen molar-refractivity contribution in [1.82, 2.24) is 20.1 Å². The fourth-order valence-corrected chi connectivity index (χ4v) is 4.10. The Hall–Kier alpha value is -3.61. The van der Waals surface area contributed by atoms with Gasteiger partial charge in [0.05, 0.1) is 22.8 Å². The Kier molecular flexibility index (Phi) is 6.72. The molecule has 4 rings (SSSR count). The molecule has 1 atom stereocenters. The van der Waals surface area contributed by atoms with E-state index in [1.54, 1.807) is 6.92 Å². The molecule has 2 heterocycles. The summed E-state index contributed by atoms with van der Waals surface area (Å²) in [6.45, 7) is 7.72. The minimum Gasteiger partial charge on any atom is -0.348 e. The third-order valence-electron chi connectivity index (χ3n) is 5.99. The van der Waals surface area contributed by atoms with Crippen LogP contribution in [0.15, 0.2) is 60.7 Å². The maximum absolute atomic E-state index is 13.9. The first-order chi connectivity index (χ1) is 16.2. The van der Waals surface area contributed by atoms with Crippen molar-refractivity contribution in [3.05, 3.63) is 83.0 Å². The van der Waals surface area contributed by atoms with E-state index in [0.29, 0.717) is 22.7 Å². The van der Waals surface area contributed by atoms with Crippen molar-refractivity contribution >= 4 is 16.9 Å². The predicted octanol–water partition coefficient (Wildman–Crippen LogP) is 6.35. The Balaban J connectivity index is 1.62. The van der Waals surface area contributed by atoms with E-state index in [0.717, 1.165) is 11.1 Å². The fourth-order valence-electron chi connectivity index (χ4n) is 4.10. The predicted molar refractivity (Wildman–Crippen MR) is 130 cm³/mol. The van der Waals surface area contributed by atoms with Gasteiger partial charge in [-0.05, 0) is 37.0 Å². The zero-order valence-electron chi connectivity index (χ0n) is 19.7. The lowest BCUT2D eigenvalue weighted by Crippen LogP contribution is -2.30. The Morgan fingerprint density at radius 3 is 2.26 bits per heavy atom. The number of carbonyl (C=O) groups excluding carboxylic acids is 1. The number of hydrogen-bond donors (Lipinski definition) is 1. The molecule has 1 amide bonds. The summed E-state index contributed by atoms with van der Waals surface area (Å²) in [5, 5.41) is 7.65. The number of amides is 1. The lowest BCUT2D eigenvalue weighted by Gasteiger charge is -2.16. The quantitative estimate of drug-likeness (QED) is 0.348. The lowest BCUT2D eigenvalue weighted by molar-refractivity contribution is -0.122. The highest BCUT2D eigenvalue weighted by molar-refractivity contribution is 5.87. The van der Waals surface area contributed by atoms with Gasteiger partial charge in [-0.25, -0.2) is 18.4 Å². The Bertz CT molecular complexity index is 1300. The number of aromatic nitrogens is 3. The van der Waals surface area contributed by atoms with Crippen molar-refractivity contribution < 1.29 is 13.6 Å². The smallest absolute Gasteiger partial charge is 0.264 e. The van der Waals surface area contributed by atoms with Gasteiger partial charge in [0.25, 0.3) is 6.43 Å². The molecule has 0 aliphatic carbocycles. The van der Waals surface area contributed by atoms with E-state index in [1.807, 2.05) is 49.4 Å². The molecule has 0 aliphatic rings. The van der Waals surface area contributed by atoms with Crippen molar-refractivity contribution in [2.24, 2.45) is 0 Å². The first-order valence-electron chi connectivity index (χ1n) is 11.4. The monoisotopic (exact) mass is 462 g/mol. The molecule has 7 heteroatoms. The molecule has 34 heavy (non-hydrogen) atoms. The van der Waals surface area contributed by atoms with Gasteiger partial charge in [-0.3, -0.25) is 4.79 Å². The molecule has 0 fully saturated rings. The summed E-state index contributed by atoms with van der Waals surface area (Å²) in [6, 6.07) is 18.5. The number of halogens is 2. The van der Waals surface area contributed by atoms with Gasteiger partial charge in [0.2, 0.25) is 5.91 Å². The summed E-state index contributed by atoms with van der Waals surface area (Å²) < 4.78 is 29.3. The molecule has 1 N–H and O–H groups in total. The van der Waals surface area contributed by atoms with Crippen molar-refractivity contribution in [2.75, 3.05) is 0 Å². The Morgan fingerprint density at radius 2 is 1.65 bits per heavy atom. The van der Waals surface area contributed by atoms with Crippen LogP contribution >= 0.6 is 0 Å². The van der Waals surface area contributed by atoms with Crippen molar-refractivity contribution in [3.8, 4) is 11.3 Å². The van der Waals surface area contributed by atoms with Crippen LogP contribution in [0.3, 0.4) is 0 Å². The van der Waals surface area contributed by atoms with Crippen molar-refractivity contribution in [1.29, 1.82) is 0 Å². The van der Waals surface area contributed by atoms with Gasteiger partial charge in [-0.2, -0.15) is 5.10 Å². The molecule has 4 aromatic rings. The zero-order chi connectivity index (χ0) is 24.4. The number of alkyl halides is 2. The molecule has 0 bridgehead atoms. The molecule has 2 aromatic heterocycles. The maximum Gasteiger partial charge on any atom is 0.264 e. The number of carbonyl (C=O) groups is 1. The average Bonchev–Trinajstić information content (AvgIpc) is 3.13. The van der Waals surface area contributed by atoms with Crippen LogP contribution in [-0.4, -0.2) is 20.7 Å². The highest BCUT2D eigenvalue weighted by atomic mass is 19.3. The molecule has 176 valence electrons. The molecule has 1 unspecified atom stereocenters. The minimum atomic E-state index is -2.69. The van der Waals surface area contributed by atoms with Gasteiger partial charge in [0.1, 0.15) is 6.54 Å². The summed E-state index contributed by atoms with van der Waals surface area (Å²) in [5.74, 6) is 0.164. The van der Waals surface area contributed by atoms with E-state index in [4.69, 9.17) is 0 Å². The maximum atomic E-state index is 13.9. The van der Waals surface area contributed by atoms with Crippen LogP contribution in [0, 0.1) is 6.92 Å². The highest BCUT2D eigenvalue weighted by Gasteiger charge is 2.22. The van der Waals surface area contributed by atoms with Gasteiger partial charge in [-0.15, -0.1) is 0 Å². The number of nitrogens with one attached hydrogen (secondary N) is 1. The Labute approximate surface area is 197 Å². The topological polar surface area (TPSA) is 59.8 Å². The molecule has 5 nitrogen and oxygen atoms in total. The summed E-state index contributed by atoms with van der Waals surface area (Å²) in [4.78, 5) is 17.5. The molecule has 0 radical (unpaired) electrons. The van der Waals surface area contributed by atoms with E-state index in [1.165, 1.54) is 16.3 Å². The van der Waals surface area contributed by atoms with E-state index in [-0.39, 0.29) is 29.7 Å². The SMILES string of the molecule is Cc1nn(CC(=O)NC(C)c2ccc(C(C)C)cc2)c2nc(-c3ccccc3)cc(C(F)F)c12. The van der Waals surface area contributed by atoms with Crippen LogP contribution in [0.25, 0.3) is 22.3 Å². The second kappa shape index (κ2) is 9.71. The molecule has 0 aliphatic heterocycles. The van der Waals surface area contributed by atoms with Crippen LogP contribution in [0.1, 0.15) is 61.5 Å². The number of hydrogen-bond acceptors (Lipinski definition) is 3. The first-order valence-corrected chi connectivity index (χ1v) is 11.4. The standard InChI is InChI=1S/C27H28F2N4O/c1-16(2)19-10-12-20(13-11-19)17(3)30-24(34)15-33-27-25(18(4)32-33)22(26(28)29)14-23(31-27)21-8-6-5-7-9-21/h5-14,16-17,26H,15H2,1-4H3,(H,30,34).